The van der Waals surface area contributed by atoms with Gasteiger partial charge in [-0.2, -0.15) is 0 Å². The number of benzene rings is 2. The predicted octanol–water partition coefficient (Wildman–Crippen LogP) is 6.33. The zero-order chi connectivity index (χ0) is 21.0. The third-order valence-corrected chi connectivity index (χ3v) is 7.29. The lowest BCUT2D eigenvalue weighted by atomic mass is 10.0. The van der Waals surface area contributed by atoms with Crippen LogP contribution in [0.15, 0.2) is 36.4 Å². The van der Waals surface area contributed by atoms with Crippen LogP contribution in [0, 0.1) is 25.2 Å². The molecule has 1 aromatic heterocycles. The van der Waals surface area contributed by atoms with E-state index in [1.807, 2.05) is 12.1 Å². The number of aromatic nitrogens is 2. The maximum Gasteiger partial charge on any atom is 0.126 e. The van der Waals surface area contributed by atoms with Crippen molar-refractivity contribution >= 4 is 40.1 Å². The molecule has 4 nitrogen and oxygen atoms in total. The summed E-state index contributed by atoms with van der Waals surface area (Å²) in [6.07, 6.45) is 1.14. The van der Waals surface area contributed by atoms with Gasteiger partial charge in [0.1, 0.15) is 5.82 Å². The molecule has 0 bridgehead atoms. The number of aryl methyl sites for hydroxylation is 2. The Bertz CT molecular complexity index is 1120. The van der Waals surface area contributed by atoms with Gasteiger partial charge in [-0.3, -0.25) is 5.01 Å². The summed E-state index contributed by atoms with van der Waals surface area (Å²) in [5, 5.41) is 9.53. The molecule has 155 valence electrons. The molecule has 0 amide bonds. The molecule has 5 rings (SSSR count). The van der Waals surface area contributed by atoms with Crippen LogP contribution in [0.5, 0.6) is 0 Å². The largest absolute Gasteiger partial charge is 0.341 e. The number of aromatic amines is 1. The minimum Gasteiger partial charge on any atom is -0.341 e. The summed E-state index contributed by atoms with van der Waals surface area (Å²) in [4.78, 5) is 8.60. The number of rotatable bonds is 3. The predicted molar refractivity (Wildman–Crippen MR) is 126 cm³/mol. The van der Waals surface area contributed by atoms with Gasteiger partial charge in [-0.15, -0.1) is 0 Å². The van der Waals surface area contributed by atoms with Crippen molar-refractivity contribution < 1.29 is 0 Å². The Morgan fingerprint density at radius 1 is 1.17 bits per heavy atom. The SMILES string of the molecule is Cc1ccc(C2=[C]SC(C)N2N2CC[C@H](C)[C@H]2c2nc3c(C)cc(Cl)cc3[nH]2)cc1. The number of hydrogen-bond acceptors (Lipinski definition) is 4. The van der Waals surface area contributed by atoms with Gasteiger partial charge in [-0.05, 0) is 50.8 Å². The topological polar surface area (TPSA) is 35.2 Å². The highest BCUT2D eigenvalue weighted by Crippen LogP contribution is 2.45. The van der Waals surface area contributed by atoms with Crippen molar-refractivity contribution in [3.05, 3.63) is 69.3 Å². The maximum absolute atomic E-state index is 6.29. The second kappa shape index (κ2) is 7.63. The smallest absolute Gasteiger partial charge is 0.126 e. The normalized spacial score (nSPS) is 24.8. The number of hydrogen-bond donors (Lipinski definition) is 1. The molecule has 2 aromatic carbocycles. The molecular weight excluding hydrogens is 412 g/mol. The molecule has 3 atom stereocenters. The average Bonchev–Trinajstić information content (AvgIpc) is 3.39. The number of fused-ring (bicyclic) bond motifs is 1. The second-order valence-electron chi connectivity index (χ2n) is 8.49. The van der Waals surface area contributed by atoms with Gasteiger partial charge in [-0.25, -0.2) is 9.99 Å². The lowest BCUT2D eigenvalue weighted by Gasteiger charge is -2.39. The molecule has 1 fully saturated rings. The molecule has 1 radical (unpaired) electrons. The number of imidazole rings is 1. The third-order valence-electron chi connectivity index (χ3n) is 6.22. The number of nitrogens with zero attached hydrogens (tertiary/aromatic N) is 3. The molecule has 2 aliphatic heterocycles. The van der Waals surface area contributed by atoms with E-state index in [0.29, 0.717) is 11.3 Å². The van der Waals surface area contributed by atoms with Gasteiger partial charge in [0, 0.05) is 17.1 Å². The van der Waals surface area contributed by atoms with Crippen LogP contribution in [-0.2, 0) is 0 Å². The summed E-state index contributed by atoms with van der Waals surface area (Å²) >= 11 is 8.05. The van der Waals surface area contributed by atoms with E-state index in [1.165, 1.54) is 11.1 Å². The van der Waals surface area contributed by atoms with E-state index >= 15 is 0 Å². The standard InChI is InChI=1S/C24H26ClN4S/c1-14-5-7-18(8-6-14)21-13-30-17(4)29(21)28-10-9-15(2)23(28)24-26-20-12-19(25)11-16(3)22(20)27-24/h5-8,11-12,15,17,23H,9-10H2,1-4H3,(H,26,27)/t15-,17?,23-/m0/s1. The molecule has 3 heterocycles. The van der Waals surface area contributed by atoms with Crippen molar-refractivity contribution in [2.75, 3.05) is 6.54 Å². The van der Waals surface area contributed by atoms with Crippen molar-refractivity contribution in [2.45, 2.75) is 45.5 Å². The first-order valence-electron chi connectivity index (χ1n) is 10.5. The molecule has 0 aliphatic carbocycles. The van der Waals surface area contributed by atoms with Crippen LogP contribution in [-0.4, -0.2) is 31.9 Å². The van der Waals surface area contributed by atoms with Crippen molar-refractivity contribution in [2.24, 2.45) is 5.92 Å². The fourth-order valence-electron chi connectivity index (χ4n) is 4.64. The Hall–Kier alpha value is -1.95. The molecule has 3 aromatic rings. The fraction of sp³-hybridized carbons (Fsp3) is 0.375. The molecular formula is C24H26ClN4S. The molecule has 6 heteroatoms. The summed E-state index contributed by atoms with van der Waals surface area (Å²) in [7, 11) is 0. The molecule has 30 heavy (non-hydrogen) atoms. The number of thioether (sulfide) groups is 1. The third kappa shape index (κ3) is 3.33. The highest BCUT2D eigenvalue weighted by Gasteiger charge is 2.42. The van der Waals surface area contributed by atoms with Crippen LogP contribution < -0.4 is 0 Å². The zero-order valence-corrected chi connectivity index (χ0v) is 19.3. The van der Waals surface area contributed by atoms with Crippen LogP contribution in [0.3, 0.4) is 0 Å². The molecule has 1 saturated heterocycles. The van der Waals surface area contributed by atoms with Crippen molar-refractivity contribution in [3.8, 4) is 0 Å². The van der Waals surface area contributed by atoms with E-state index in [0.717, 1.165) is 46.1 Å². The monoisotopic (exact) mass is 437 g/mol. The Balaban J connectivity index is 1.54. The maximum atomic E-state index is 6.29. The summed E-state index contributed by atoms with van der Waals surface area (Å²) in [6.45, 7) is 9.78. The van der Waals surface area contributed by atoms with Crippen LogP contribution in [0.25, 0.3) is 16.7 Å². The minimum atomic E-state index is 0.193. The number of hydrazine groups is 1. The van der Waals surface area contributed by atoms with Crippen LogP contribution >= 0.6 is 23.4 Å². The first-order valence-corrected chi connectivity index (χ1v) is 11.8. The van der Waals surface area contributed by atoms with Gasteiger partial charge >= 0.3 is 0 Å². The van der Waals surface area contributed by atoms with Crippen LogP contribution in [0.4, 0.5) is 0 Å². The van der Waals surface area contributed by atoms with E-state index in [2.05, 4.69) is 72.4 Å². The number of nitrogens with one attached hydrogen (secondary N) is 1. The lowest BCUT2D eigenvalue weighted by Crippen LogP contribution is -2.43. The Kier molecular flexibility index (Phi) is 5.08. The zero-order valence-electron chi connectivity index (χ0n) is 17.7. The van der Waals surface area contributed by atoms with E-state index in [9.17, 15) is 0 Å². The quantitative estimate of drug-likeness (QED) is 0.519. The Labute approximate surface area is 187 Å². The Morgan fingerprint density at radius 2 is 1.93 bits per heavy atom. The Morgan fingerprint density at radius 3 is 2.70 bits per heavy atom. The molecule has 0 saturated carbocycles. The molecule has 1 unspecified atom stereocenters. The fourth-order valence-corrected chi connectivity index (χ4v) is 5.74. The number of H-pyrrole nitrogens is 1. The van der Waals surface area contributed by atoms with Crippen molar-refractivity contribution in [3.63, 3.8) is 0 Å². The lowest BCUT2D eigenvalue weighted by molar-refractivity contribution is 0.00534. The second-order valence-corrected chi connectivity index (χ2v) is 10.1. The first kappa shape index (κ1) is 20.0. The van der Waals surface area contributed by atoms with Crippen LogP contribution in [0.1, 0.15) is 48.8 Å². The summed E-state index contributed by atoms with van der Waals surface area (Å²) < 4.78 is 0. The van der Waals surface area contributed by atoms with Gasteiger partial charge < -0.3 is 4.98 Å². The summed E-state index contributed by atoms with van der Waals surface area (Å²) in [5.41, 5.74) is 6.77. The highest BCUT2D eigenvalue weighted by molar-refractivity contribution is 8.01. The van der Waals surface area contributed by atoms with Crippen molar-refractivity contribution in [1.29, 1.82) is 0 Å². The molecule has 0 spiro atoms. The van der Waals surface area contributed by atoms with Gasteiger partial charge in [0.25, 0.3) is 0 Å². The first-order chi connectivity index (χ1) is 14.4. The minimum absolute atomic E-state index is 0.193. The van der Waals surface area contributed by atoms with Gasteiger partial charge in [0.2, 0.25) is 0 Å². The average molecular weight is 438 g/mol. The van der Waals surface area contributed by atoms with Gasteiger partial charge in [0.05, 0.1) is 33.6 Å². The van der Waals surface area contributed by atoms with E-state index < -0.39 is 0 Å². The summed E-state index contributed by atoms with van der Waals surface area (Å²) in [5.74, 6) is 1.52. The van der Waals surface area contributed by atoms with E-state index in [4.69, 9.17) is 16.6 Å². The van der Waals surface area contributed by atoms with Gasteiger partial charge in [-0.1, -0.05) is 60.1 Å². The molecule has 2 aliphatic rings. The molecule has 1 N–H and O–H groups in total. The van der Waals surface area contributed by atoms with E-state index in [1.54, 1.807) is 11.8 Å². The van der Waals surface area contributed by atoms with Gasteiger partial charge in [0.15, 0.2) is 0 Å². The highest BCUT2D eigenvalue weighted by atomic mass is 35.5. The summed E-state index contributed by atoms with van der Waals surface area (Å²) in [6, 6.07) is 12.9. The van der Waals surface area contributed by atoms with Crippen LogP contribution in [0.2, 0.25) is 5.02 Å². The van der Waals surface area contributed by atoms with Crippen molar-refractivity contribution in [1.82, 2.24) is 20.0 Å². The number of halogens is 1. The van der Waals surface area contributed by atoms with E-state index in [-0.39, 0.29) is 6.04 Å².